The molecule has 3 aromatic rings. The van der Waals surface area contributed by atoms with Crippen molar-refractivity contribution in [3.63, 3.8) is 0 Å². The van der Waals surface area contributed by atoms with Crippen LogP contribution < -0.4 is 0 Å². The first-order valence-corrected chi connectivity index (χ1v) is 8.94. The molecule has 1 atom stereocenters. The molecule has 4 rings (SSSR count). The number of aromatic nitrogens is 4. The molecular weight excluding hydrogens is 334 g/mol. The van der Waals surface area contributed by atoms with Crippen LogP contribution in [-0.2, 0) is 17.7 Å². The van der Waals surface area contributed by atoms with Crippen LogP contribution in [0.1, 0.15) is 36.2 Å². The van der Waals surface area contributed by atoms with Crippen LogP contribution in [0.2, 0.25) is 0 Å². The quantitative estimate of drug-likeness (QED) is 0.695. The van der Waals surface area contributed by atoms with Crippen molar-refractivity contribution < 1.29 is 13.7 Å². The molecule has 0 saturated carbocycles. The van der Waals surface area contributed by atoms with Gasteiger partial charge < -0.3 is 13.7 Å². The molecule has 3 aromatic heterocycles. The van der Waals surface area contributed by atoms with Gasteiger partial charge in [0.2, 0.25) is 5.89 Å². The van der Waals surface area contributed by atoms with Gasteiger partial charge in [0, 0.05) is 26.3 Å². The zero-order valence-electron chi connectivity index (χ0n) is 14.9. The fourth-order valence-corrected chi connectivity index (χ4v) is 3.35. The van der Waals surface area contributed by atoms with E-state index >= 15 is 0 Å². The molecule has 0 bridgehead atoms. The fourth-order valence-electron chi connectivity index (χ4n) is 3.35. The predicted octanol–water partition coefficient (Wildman–Crippen LogP) is 2.62. The number of furan rings is 1. The molecule has 1 aliphatic rings. The number of H-pyrrole nitrogens is 1. The number of ether oxygens (including phenoxy) is 1. The molecule has 0 spiro atoms. The number of methoxy groups -OCH3 is 1. The van der Waals surface area contributed by atoms with Crippen LogP contribution in [0.5, 0.6) is 0 Å². The van der Waals surface area contributed by atoms with Gasteiger partial charge in [0.05, 0.1) is 19.1 Å². The molecule has 8 nitrogen and oxygen atoms in total. The third-order valence-electron chi connectivity index (χ3n) is 4.68. The van der Waals surface area contributed by atoms with Gasteiger partial charge in [-0.1, -0.05) is 5.16 Å². The summed E-state index contributed by atoms with van der Waals surface area (Å²) in [5, 5.41) is 10.9. The number of likely N-dealkylation sites (tertiary alicyclic amines) is 1. The average Bonchev–Trinajstić information content (AvgIpc) is 3.41. The largest absolute Gasteiger partial charge is 0.458 e. The summed E-state index contributed by atoms with van der Waals surface area (Å²) in [5.41, 5.74) is 0.891. The third kappa shape index (κ3) is 3.86. The van der Waals surface area contributed by atoms with Gasteiger partial charge in [-0.25, -0.2) is 0 Å². The molecule has 1 fully saturated rings. The first-order chi connectivity index (χ1) is 12.8. The van der Waals surface area contributed by atoms with Gasteiger partial charge in [-0.3, -0.25) is 10.00 Å². The molecular formula is C18H23N5O3. The fraction of sp³-hybridized carbons (Fsp3) is 0.500. The van der Waals surface area contributed by atoms with Crippen molar-refractivity contribution in [3.05, 3.63) is 41.9 Å². The molecule has 1 aliphatic heterocycles. The van der Waals surface area contributed by atoms with Gasteiger partial charge in [-0.15, -0.1) is 0 Å². The maximum Gasteiger partial charge on any atom is 0.231 e. The molecule has 0 radical (unpaired) electrons. The zero-order valence-corrected chi connectivity index (χ0v) is 14.9. The first-order valence-electron chi connectivity index (χ1n) is 8.94. The van der Waals surface area contributed by atoms with E-state index in [1.165, 1.54) is 0 Å². The summed E-state index contributed by atoms with van der Waals surface area (Å²) in [5.74, 6) is 3.48. The summed E-state index contributed by atoms with van der Waals surface area (Å²) >= 11 is 0. The highest BCUT2D eigenvalue weighted by Crippen LogP contribution is 2.28. The Balaban J connectivity index is 1.37. The molecule has 1 N–H and O–H groups in total. The van der Waals surface area contributed by atoms with E-state index in [-0.39, 0.29) is 5.92 Å². The second-order valence-corrected chi connectivity index (χ2v) is 6.60. The van der Waals surface area contributed by atoms with Crippen molar-refractivity contribution in [1.82, 2.24) is 25.2 Å². The summed E-state index contributed by atoms with van der Waals surface area (Å²) in [7, 11) is 1.67. The highest BCUT2D eigenvalue weighted by molar-refractivity contribution is 5.51. The standard InChI is InChI=1S/C18H23N5O3/c1-24-10-7-17-20-18(26-22-17)13-3-2-9-23(11-13)12-14-4-5-16(25-14)15-6-8-19-21-15/h4-6,8,13H,2-3,7,9-12H2,1H3,(H,19,21)/t13-/m1/s1. The number of hydrogen-bond acceptors (Lipinski definition) is 7. The number of aromatic amines is 1. The minimum atomic E-state index is 0.273. The number of piperidine rings is 1. The Labute approximate surface area is 151 Å². The Kier molecular flexibility index (Phi) is 5.12. The summed E-state index contributed by atoms with van der Waals surface area (Å²) in [4.78, 5) is 6.91. The molecule has 1 saturated heterocycles. The topological polar surface area (TPSA) is 93.2 Å². The zero-order chi connectivity index (χ0) is 17.8. The molecule has 26 heavy (non-hydrogen) atoms. The van der Waals surface area contributed by atoms with E-state index in [0.29, 0.717) is 18.9 Å². The Morgan fingerprint density at radius 3 is 3.15 bits per heavy atom. The molecule has 138 valence electrons. The van der Waals surface area contributed by atoms with Crippen LogP contribution in [-0.4, -0.2) is 52.0 Å². The summed E-state index contributed by atoms with van der Waals surface area (Å²) in [6.07, 6.45) is 4.58. The minimum absolute atomic E-state index is 0.273. The monoisotopic (exact) mass is 357 g/mol. The van der Waals surface area contributed by atoms with E-state index in [2.05, 4.69) is 25.2 Å². The first kappa shape index (κ1) is 17.0. The van der Waals surface area contributed by atoms with Crippen molar-refractivity contribution in [2.75, 3.05) is 26.8 Å². The van der Waals surface area contributed by atoms with Crippen molar-refractivity contribution >= 4 is 0 Å². The lowest BCUT2D eigenvalue weighted by Gasteiger charge is -2.30. The Morgan fingerprint density at radius 2 is 2.31 bits per heavy atom. The van der Waals surface area contributed by atoms with Crippen molar-refractivity contribution in [3.8, 4) is 11.5 Å². The maximum atomic E-state index is 5.94. The van der Waals surface area contributed by atoms with Crippen LogP contribution in [0.25, 0.3) is 11.5 Å². The minimum Gasteiger partial charge on any atom is -0.458 e. The second kappa shape index (κ2) is 7.84. The van der Waals surface area contributed by atoms with Crippen LogP contribution >= 0.6 is 0 Å². The van der Waals surface area contributed by atoms with Crippen molar-refractivity contribution in [2.45, 2.75) is 31.7 Å². The normalized spacial score (nSPS) is 18.4. The Hall–Kier alpha value is -2.45. The van der Waals surface area contributed by atoms with E-state index in [1.54, 1.807) is 13.3 Å². The summed E-state index contributed by atoms with van der Waals surface area (Å²) in [6.45, 7) is 3.31. The van der Waals surface area contributed by atoms with Crippen LogP contribution in [0.15, 0.2) is 33.3 Å². The van der Waals surface area contributed by atoms with Crippen molar-refractivity contribution in [1.29, 1.82) is 0 Å². The summed E-state index contributed by atoms with van der Waals surface area (Å²) < 4.78 is 16.5. The van der Waals surface area contributed by atoms with Gasteiger partial charge >= 0.3 is 0 Å². The second-order valence-electron chi connectivity index (χ2n) is 6.60. The van der Waals surface area contributed by atoms with Crippen LogP contribution in [0, 0.1) is 0 Å². The Morgan fingerprint density at radius 1 is 1.35 bits per heavy atom. The average molecular weight is 357 g/mol. The van der Waals surface area contributed by atoms with E-state index in [9.17, 15) is 0 Å². The lowest BCUT2D eigenvalue weighted by atomic mass is 9.98. The third-order valence-corrected chi connectivity index (χ3v) is 4.68. The van der Waals surface area contributed by atoms with Gasteiger partial charge in [0.1, 0.15) is 11.5 Å². The SMILES string of the molecule is COCCc1noc([C@@H]2CCCN(Cc3ccc(-c4ccn[nH]4)o3)C2)n1. The highest BCUT2D eigenvalue weighted by atomic mass is 16.5. The van der Waals surface area contributed by atoms with E-state index < -0.39 is 0 Å². The highest BCUT2D eigenvalue weighted by Gasteiger charge is 2.26. The number of nitrogens with zero attached hydrogens (tertiary/aromatic N) is 4. The van der Waals surface area contributed by atoms with Gasteiger partial charge in [-0.05, 0) is 37.6 Å². The molecule has 0 amide bonds. The number of nitrogens with one attached hydrogen (secondary N) is 1. The van der Waals surface area contributed by atoms with Crippen molar-refractivity contribution in [2.24, 2.45) is 0 Å². The molecule has 8 heteroatoms. The van der Waals surface area contributed by atoms with E-state index in [1.807, 2.05) is 18.2 Å². The van der Waals surface area contributed by atoms with Gasteiger partial charge in [-0.2, -0.15) is 10.1 Å². The Bertz CT molecular complexity index is 811. The smallest absolute Gasteiger partial charge is 0.231 e. The van der Waals surface area contributed by atoms with E-state index in [0.717, 1.165) is 55.6 Å². The van der Waals surface area contributed by atoms with E-state index in [4.69, 9.17) is 13.7 Å². The number of rotatable bonds is 7. The molecule has 0 aromatic carbocycles. The predicted molar refractivity (Wildman–Crippen MR) is 93.4 cm³/mol. The molecule has 0 aliphatic carbocycles. The molecule has 0 unspecified atom stereocenters. The molecule has 4 heterocycles. The van der Waals surface area contributed by atoms with Crippen LogP contribution in [0.3, 0.4) is 0 Å². The lowest BCUT2D eigenvalue weighted by Crippen LogP contribution is -2.33. The van der Waals surface area contributed by atoms with Gasteiger partial charge in [0.25, 0.3) is 0 Å². The maximum absolute atomic E-state index is 5.94. The van der Waals surface area contributed by atoms with Gasteiger partial charge in [0.15, 0.2) is 11.6 Å². The lowest BCUT2D eigenvalue weighted by molar-refractivity contribution is 0.170. The number of hydrogen-bond donors (Lipinski definition) is 1. The van der Waals surface area contributed by atoms with Crippen LogP contribution in [0.4, 0.5) is 0 Å². The summed E-state index contributed by atoms with van der Waals surface area (Å²) in [6, 6.07) is 5.90.